The molecule has 1 aliphatic heterocycles. The Morgan fingerprint density at radius 1 is 1.08 bits per heavy atom. The van der Waals surface area contributed by atoms with Gasteiger partial charge < -0.3 is 10.2 Å². The highest BCUT2D eigenvalue weighted by Gasteiger charge is 2.35. The predicted molar refractivity (Wildman–Crippen MR) is 101 cm³/mol. The molecule has 0 spiro atoms. The van der Waals surface area contributed by atoms with Gasteiger partial charge in [0.2, 0.25) is 11.8 Å². The minimum Gasteiger partial charge on any atom is -0.326 e. The van der Waals surface area contributed by atoms with Crippen molar-refractivity contribution in [2.24, 2.45) is 5.92 Å². The number of carbonyl (C=O) groups excluding carboxylic acids is 2. The van der Waals surface area contributed by atoms with Crippen LogP contribution < -0.4 is 10.2 Å². The standard InChI is InChI=1S/C21H23FN2O2/c1-21(2,3)15-4-10-18(11-5-15)24-13-14(12-19(24)25)20(26)23-17-8-6-16(22)7-9-17/h4-11,14H,12-13H2,1-3H3,(H,23,26). The van der Waals surface area contributed by atoms with Crippen LogP contribution in [0.1, 0.15) is 32.8 Å². The van der Waals surface area contributed by atoms with Gasteiger partial charge in [-0.15, -0.1) is 0 Å². The molecule has 1 atom stereocenters. The molecule has 0 aliphatic carbocycles. The Morgan fingerprint density at radius 2 is 1.69 bits per heavy atom. The van der Waals surface area contributed by atoms with E-state index in [1.165, 1.54) is 29.8 Å². The minimum atomic E-state index is -0.421. The summed E-state index contributed by atoms with van der Waals surface area (Å²) in [5, 5.41) is 2.75. The number of benzene rings is 2. The van der Waals surface area contributed by atoms with Crippen LogP contribution >= 0.6 is 0 Å². The van der Waals surface area contributed by atoms with E-state index >= 15 is 0 Å². The fourth-order valence-corrected chi connectivity index (χ4v) is 3.05. The summed E-state index contributed by atoms with van der Waals surface area (Å²) in [6, 6.07) is 13.5. The fourth-order valence-electron chi connectivity index (χ4n) is 3.05. The van der Waals surface area contributed by atoms with E-state index in [2.05, 4.69) is 26.1 Å². The molecule has 4 nitrogen and oxygen atoms in total. The largest absolute Gasteiger partial charge is 0.326 e. The maximum absolute atomic E-state index is 13.0. The molecule has 2 amide bonds. The van der Waals surface area contributed by atoms with E-state index in [-0.39, 0.29) is 29.5 Å². The van der Waals surface area contributed by atoms with Crippen molar-refractivity contribution in [3.05, 3.63) is 59.9 Å². The zero-order chi connectivity index (χ0) is 18.9. The Hall–Kier alpha value is -2.69. The number of halogens is 1. The molecule has 1 aliphatic rings. The third-order valence-corrected chi connectivity index (χ3v) is 4.65. The summed E-state index contributed by atoms with van der Waals surface area (Å²) in [6.07, 6.45) is 0.175. The molecule has 0 radical (unpaired) electrons. The summed E-state index contributed by atoms with van der Waals surface area (Å²) in [5.74, 6) is -1.06. The van der Waals surface area contributed by atoms with Crippen LogP contribution in [0, 0.1) is 11.7 Å². The van der Waals surface area contributed by atoms with Gasteiger partial charge in [-0.05, 0) is 47.4 Å². The van der Waals surface area contributed by atoms with Gasteiger partial charge in [-0.25, -0.2) is 4.39 Å². The van der Waals surface area contributed by atoms with Crippen LogP contribution in [0.5, 0.6) is 0 Å². The van der Waals surface area contributed by atoms with E-state index in [1.807, 2.05) is 24.3 Å². The summed E-state index contributed by atoms with van der Waals surface area (Å²) in [5.41, 5.74) is 2.57. The highest BCUT2D eigenvalue weighted by atomic mass is 19.1. The highest BCUT2D eigenvalue weighted by molar-refractivity contribution is 6.03. The van der Waals surface area contributed by atoms with Crippen molar-refractivity contribution in [3.63, 3.8) is 0 Å². The van der Waals surface area contributed by atoms with Crippen LogP contribution in [0.15, 0.2) is 48.5 Å². The Kier molecular flexibility index (Phi) is 4.81. The third kappa shape index (κ3) is 3.93. The van der Waals surface area contributed by atoms with E-state index < -0.39 is 5.92 Å². The molecule has 1 saturated heterocycles. The molecule has 3 rings (SSSR count). The second-order valence-electron chi connectivity index (χ2n) is 7.70. The first-order valence-corrected chi connectivity index (χ1v) is 8.71. The number of nitrogens with one attached hydrogen (secondary N) is 1. The molecular formula is C21H23FN2O2. The molecule has 2 aromatic rings. The van der Waals surface area contributed by atoms with Crippen molar-refractivity contribution < 1.29 is 14.0 Å². The van der Waals surface area contributed by atoms with Gasteiger partial charge in [0.25, 0.3) is 0 Å². The lowest BCUT2D eigenvalue weighted by atomic mass is 9.87. The number of amides is 2. The highest BCUT2D eigenvalue weighted by Crippen LogP contribution is 2.29. The van der Waals surface area contributed by atoms with E-state index in [4.69, 9.17) is 0 Å². The predicted octanol–water partition coefficient (Wildman–Crippen LogP) is 4.11. The van der Waals surface area contributed by atoms with Crippen molar-refractivity contribution >= 4 is 23.2 Å². The number of rotatable bonds is 3. The second kappa shape index (κ2) is 6.90. The molecule has 0 aromatic heterocycles. The first-order chi connectivity index (χ1) is 12.2. The normalized spacial score (nSPS) is 17.5. The van der Waals surface area contributed by atoms with Gasteiger partial charge in [0.05, 0.1) is 5.92 Å². The molecule has 0 saturated carbocycles. The Labute approximate surface area is 153 Å². The van der Waals surface area contributed by atoms with Crippen LogP contribution in [0.2, 0.25) is 0 Å². The maximum Gasteiger partial charge on any atom is 0.229 e. The van der Waals surface area contributed by atoms with Gasteiger partial charge in [-0.2, -0.15) is 0 Å². The van der Waals surface area contributed by atoms with Crippen molar-refractivity contribution in [1.82, 2.24) is 0 Å². The molecule has 2 aromatic carbocycles. The molecule has 1 unspecified atom stereocenters. The molecule has 26 heavy (non-hydrogen) atoms. The summed E-state index contributed by atoms with van der Waals surface area (Å²) in [6.45, 7) is 6.76. The first-order valence-electron chi connectivity index (χ1n) is 8.71. The monoisotopic (exact) mass is 354 g/mol. The van der Waals surface area contributed by atoms with E-state index in [9.17, 15) is 14.0 Å². The van der Waals surface area contributed by atoms with Gasteiger partial charge in [-0.3, -0.25) is 9.59 Å². The van der Waals surface area contributed by atoms with Crippen LogP contribution in [0.4, 0.5) is 15.8 Å². The number of hydrogen-bond donors (Lipinski definition) is 1. The molecule has 5 heteroatoms. The lowest BCUT2D eigenvalue weighted by molar-refractivity contribution is -0.122. The van der Waals surface area contributed by atoms with Gasteiger partial charge in [0.15, 0.2) is 0 Å². The molecular weight excluding hydrogens is 331 g/mol. The molecule has 1 heterocycles. The number of anilines is 2. The lowest BCUT2D eigenvalue weighted by Crippen LogP contribution is -2.28. The number of hydrogen-bond acceptors (Lipinski definition) is 2. The average Bonchev–Trinajstić information content (AvgIpc) is 2.98. The summed E-state index contributed by atoms with van der Waals surface area (Å²) >= 11 is 0. The minimum absolute atomic E-state index is 0.0468. The van der Waals surface area contributed by atoms with E-state index in [1.54, 1.807) is 4.90 Å². The van der Waals surface area contributed by atoms with E-state index in [0.717, 1.165) is 5.69 Å². The molecule has 0 bridgehead atoms. The molecule has 136 valence electrons. The second-order valence-corrected chi connectivity index (χ2v) is 7.70. The smallest absolute Gasteiger partial charge is 0.229 e. The van der Waals surface area contributed by atoms with Gasteiger partial charge in [-0.1, -0.05) is 32.9 Å². The van der Waals surface area contributed by atoms with Crippen LogP contribution in [-0.4, -0.2) is 18.4 Å². The van der Waals surface area contributed by atoms with Crippen molar-refractivity contribution in [2.75, 3.05) is 16.8 Å². The van der Waals surface area contributed by atoms with Gasteiger partial charge >= 0.3 is 0 Å². The lowest BCUT2D eigenvalue weighted by Gasteiger charge is -2.21. The van der Waals surface area contributed by atoms with Crippen molar-refractivity contribution in [1.29, 1.82) is 0 Å². The van der Waals surface area contributed by atoms with Crippen LogP contribution in [0.25, 0.3) is 0 Å². The first kappa shape index (κ1) is 18.1. The van der Waals surface area contributed by atoms with Crippen LogP contribution in [0.3, 0.4) is 0 Å². The Bertz CT molecular complexity index is 807. The van der Waals surface area contributed by atoms with Gasteiger partial charge in [0, 0.05) is 24.3 Å². The summed E-state index contributed by atoms with van der Waals surface area (Å²) in [7, 11) is 0. The van der Waals surface area contributed by atoms with Gasteiger partial charge in [0.1, 0.15) is 5.82 Å². The SMILES string of the molecule is CC(C)(C)c1ccc(N2CC(C(=O)Nc3ccc(F)cc3)CC2=O)cc1. The quantitative estimate of drug-likeness (QED) is 0.902. The number of nitrogens with zero attached hydrogens (tertiary/aromatic N) is 1. The van der Waals surface area contributed by atoms with E-state index in [0.29, 0.717) is 12.2 Å². The summed E-state index contributed by atoms with van der Waals surface area (Å²) in [4.78, 5) is 26.4. The van der Waals surface area contributed by atoms with Crippen molar-refractivity contribution in [2.45, 2.75) is 32.6 Å². The molecule has 1 fully saturated rings. The maximum atomic E-state index is 13.0. The molecule has 1 N–H and O–H groups in total. The average molecular weight is 354 g/mol. The summed E-state index contributed by atoms with van der Waals surface area (Å²) < 4.78 is 13.0. The zero-order valence-electron chi connectivity index (χ0n) is 15.3. The zero-order valence-corrected chi connectivity index (χ0v) is 15.3. The fraction of sp³-hybridized carbons (Fsp3) is 0.333. The Balaban J connectivity index is 1.68. The Morgan fingerprint density at radius 3 is 2.27 bits per heavy atom. The topological polar surface area (TPSA) is 49.4 Å². The van der Waals surface area contributed by atoms with Crippen LogP contribution in [-0.2, 0) is 15.0 Å². The third-order valence-electron chi connectivity index (χ3n) is 4.65. The van der Waals surface area contributed by atoms with Crippen molar-refractivity contribution in [3.8, 4) is 0 Å². The number of carbonyl (C=O) groups is 2.